The Morgan fingerprint density at radius 2 is 1.85 bits per heavy atom. The topological polar surface area (TPSA) is 59.8 Å². The van der Waals surface area contributed by atoms with E-state index < -0.39 is 6.04 Å². The van der Waals surface area contributed by atoms with Crippen molar-refractivity contribution in [1.82, 2.24) is 4.90 Å². The smallest absolute Gasteiger partial charge is 0.290 e. The van der Waals surface area contributed by atoms with E-state index in [1.54, 1.807) is 36.4 Å². The zero-order valence-corrected chi connectivity index (χ0v) is 14.1. The molecule has 1 aliphatic rings. The molecule has 1 atom stereocenters. The fraction of sp³-hybridized carbons (Fsp3) is 0.200. The minimum Gasteiger partial charge on any atom is -0.450 e. The number of fused-ring (bicyclic) bond motifs is 2. The summed E-state index contributed by atoms with van der Waals surface area (Å²) in [5.74, 6) is -0.708. The number of rotatable bonds is 4. The molecule has 1 aromatic heterocycles. The van der Waals surface area contributed by atoms with Crippen molar-refractivity contribution < 1.29 is 18.3 Å². The SMILES string of the molecule is COCCN1C(=O)c2oc3ccccc3c(=O)c2[C@@H]1c1ccc(F)cc1. The van der Waals surface area contributed by atoms with Crippen molar-refractivity contribution in [3.8, 4) is 0 Å². The Labute approximate surface area is 148 Å². The minimum absolute atomic E-state index is 0.0409. The molecule has 0 unspecified atom stereocenters. The van der Waals surface area contributed by atoms with Gasteiger partial charge in [0.2, 0.25) is 5.76 Å². The number of ether oxygens (including phenoxy) is 1. The largest absolute Gasteiger partial charge is 0.450 e. The molecular formula is C20H16FNO4. The van der Waals surface area contributed by atoms with E-state index >= 15 is 0 Å². The van der Waals surface area contributed by atoms with Crippen LogP contribution in [0, 0.1) is 5.82 Å². The lowest BCUT2D eigenvalue weighted by atomic mass is 9.98. The third-order valence-corrected chi connectivity index (χ3v) is 4.60. The lowest BCUT2D eigenvalue weighted by Crippen LogP contribution is -2.32. The Balaban J connectivity index is 1.96. The second-order valence-electron chi connectivity index (χ2n) is 6.12. The van der Waals surface area contributed by atoms with E-state index in [1.807, 2.05) is 0 Å². The number of hydrogen-bond donors (Lipinski definition) is 0. The van der Waals surface area contributed by atoms with Crippen LogP contribution in [0.25, 0.3) is 11.0 Å². The Kier molecular flexibility index (Phi) is 4.05. The van der Waals surface area contributed by atoms with Crippen LogP contribution in [0.4, 0.5) is 4.39 Å². The highest BCUT2D eigenvalue weighted by molar-refractivity contribution is 5.99. The maximum absolute atomic E-state index is 13.4. The van der Waals surface area contributed by atoms with Gasteiger partial charge in [0, 0.05) is 13.7 Å². The van der Waals surface area contributed by atoms with Crippen LogP contribution in [0.1, 0.15) is 27.7 Å². The standard InChI is InChI=1S/C20H16FNO4/c1-25-11-10-22-17(12-6-8-13(21)9-7-12)16-18(23)14-4-2-3-5-15(14)26-19(16)20(22)24/h2-9,17H,10-11H2,1H3/t17-/m0/s1. The molecule has 0 aliphatic carbocycles. The highest BCUT2D eigenvalue weighted by Gasteiger charge is 2.42. The molecule has 0 spiro atoms. The number of nitrogens with zero attached hydrogens (tertiary/aromatic N) is 1. The van der Waals surface area contributed by atoms with Gasteiger partial charge >= 0.3 is 0 Å². The molecule has 2 heterocycles. The maximum atomic E-state index is 13.4. The van der Waals surface area contributed by atoms with E-state index in [1.165, 1.54) is 24.1 Å². The summed E-state index contributed by atoms with van der Waals surface area (Å²) in [6, 6.07) is 12.0. The van der Waals surface area contributed by atoms with Crippen molar-refractivity contribution in [1.29, 1.82) is 0 Å². The highest BCUT2D eigenvalue weighted by Crippen LogP contribution is 2.37. The summed E-state index contributed by atoms with van der Waals surface area (Å²) in [5, 5.41) is 0.416. The number of carbonyl (C=O) groups excluding carboxylic acids is 1. The van der Waals surface area contributed by atoms with Crippen molar-refractivity contribution in [2.45, 2.75) is 6.04 Å². The maximum Gasteiger partial charge on any atom is 0.290 e. The summed E-state index contributed by atoms with van der Waals surface area (Å²) in [5.41, 5.74) is 1.06. The van der Waals surface area contributed by atoms with Gasteiger partial charge in [0.1, 0.15) is 11.4 Å². The number of methoxy groups -OCH3 is 1. The van der Waals surface area contributed by atoms with E-state index in [-0.39, 0.29) is 35.0 Å². The lowest BCUT2D eigenvalue weighted by Gasteiger charge is -2.24. The van der Waals surface area contributed by atoms with E-state index in [0.29, 0.717) is 23.1 Å². The number of amides is 1. The molecule has 6 heteroatoms. The first-order chi connectivity index (χ1) is 12.6. The number of para-hydroxylation sites is 1. The molecule has 4 rings (SSSR count). The van der Waals surface area contributed by atoms with Crippen LogP contribution < -0.4 is 5.43 Å². The summed E-state index contributed by atoms with van der Waals surface area (Å²) < 4.78 is 24.2. The number of carbonyl (C=O) groups is 1. The summed E-state index contributed by atoms with van der Waals surface area (Å²) in [6.45, 7) is 0.600. The van der Waals surface area contributed by atoms with Crippen LogP contribution in [0.3, 0.4) is 0 Å². The molecule has 3 aromatic rings. The van der Waals surface area contributed by atoms with E-state index in [9.17, 15) is 14.0 Å². The number of halogens is 1. The Bertz CT molecular complexity index is 1040. The van der Waals surface area contributed by atoms with Crippen molar-refractivity contribution in [2.75, 3.05) is 20.3 Å². The zero-order valence-electron chi connectivity index (χ0n) is 14.1. The van der Waals surface area contributed by atoms with Crippen molar-refractivity contribution >= 4 is 16.9 Å². The molecular weight excluding hydrogens is 337 g/mol. The van der Waals surface area contributed by atoms with Gasteiger partial charge < -0.3 is 14.1 Å². The van der Waals surface area contributed by atoms with Gasteiger partial charge in [-0.05, 0) is 29.8 Å². The van der Waals surface area contributed by atoms with Crippen LogP contribution in [0.5, 0.6) is 0 Å². The summed E-state index contributed by atoms with van der Waals surface area (Å²) in [7, 11) is 1.54. The minimum atomic E-state index is -0.630. The zero-order chi connectivity index (χ0) is 18.3. The van der Waals surface area contributed by atoms with Crippen LogP contribution in [-0.4, -0.2) is 31.1 Å². The highest BCUT2D eigenvalue weighted by atomic mass is 19.1. The predicted octanol–water partition coefficient (Wildman–Crippen LogP) is 3.12. The molecule has 26 heavy (non-hydrogen) atoms. The molecule has 0 N–H and O–H groups in total. The Morgan fingerprint density at radius 1 is 1.12 bits per heavy atom. The second kappa shape index (κ2) is 6.38. The number of benzene rings is 2. The normalized spacial score (nSPS) is 16.3. The average Bonchev–Trinajstić information content (AvgIpc) is 2.93. The molecule has 1 aliphatic heterocycles. The quantitative estimate of drug-likeness (QED) is 0.723. The summed E-state index contributed by atoms with van der Waals surface area (Å²) in [6.07, 6.45) is 0. The van der Waals surface area contributed by atoms with Gasteiger partial charge in [0.15, 0.2) is 5.43 Å². The molecule has 0 saturated heterocycles. The molecule has 0 bridgehead atoms. The van der Waals surface area contributed by atoms with Crippen molar-refractivity contribution in [3.05, 3.63) is 81.5 Å². The van der Waals surface area contributed by atoms with Crippen LogP contribution in [0.2, 0.25) is 0 Å². The third kappa shape index (κ3) is 2.50. The average molecular weight is 353 g/mol. The monoisotopic (exact) mass is 353 g/mol. The van der Waals surface area contributed by atoms with Gasteiger partial charge in [-0.25, -0.2) is 4.39 Å². The Hall–Kier alpha value is -2.99. The first kappa shape index (κ1) is 16.5. The fourth-order valence-electron chi connectivity index (χ4n) is 3.38. The summed E-state index contributed by atoms with van der Waals surface area (Å²) >= 11 is 0. The first-order valence-corrected chi connectivity index (χ1v) is 8.23. The first-order valence-electron chi connectivity index (χ1n) is 8.23. The van der Waals surface area contributed by atoms with Crippen molar-refractivity contribution in [3.63, 3.8) is 0 Å². The number of hydrogen-bond acceptors (Lipinski definition) is 4. The molecule has 1 amide bonds. The fourth-order valence-corrected chi connectivity index (χ4v) is 3.38. The Morgan fingerprint density at radius 3 is 2.58 bits per heavy atom. The van der Waals surface area contributed by atoms with Crippen LogP contribution in [0.15, 0.2) is 57.7 Å². The predicted molar refractivity (Wildman–Crippen MR) is 93.6 cm³/mol. The van der Waals surface area contributed by atoms with Gasteiger partial charge in [-0.2, -0.15) is 0 Å². The molecule has 2 aromatic carbocycles. The summed E-state index contributed by atoms with van der Waals surface area (Å²) in [4.78, 5) is 27.5. The van der Waals surface area contributed by atoms with Crippen LogP contribution in [-0.2, 0) is 4.74 Å². The van der Waals surface area contributed by atoms with Crippen molar-refractivity contribution in [2.24, 2.45) is 0 Å². The molecule has 0 radical (unpaired) electrons. The molecule has 0 saturated carbocycles. The van der Waals surface area contributed by atoms with Crippen LogP contribution >= 0.6 is 0 Å². The van der Waals surface area contributed by atoms with Gasteiger partial charge in [-0.3, -0.25) is 9.59 Å². The van der Waals surface area contributed by atoms with Gasteiger partial charge in [0.25, 0.3) is 5.91 Å². The molecule has 132 valence electrons. The lowest BCUT2D eigenvalue weighted by molar-refractivity contribution is 0.0663. The second-order valence-corrected chi connectivity index (χ2v) is 6.12. The van der Waals surface area contributed by atoms with E-state index in [0.717, 1.165) is 0 Å². The van der Waals surface area contributed by atoms with Gasteiger partial charge in [-0.1, -0.05) is 24.3 Å². The van der Waals surface area contributed by atoms with E-state index in [2.05, 4.69) is 0 Å². The van der Waals surface area contributed by atoms with Gasteiger partial charge in [0.05, 0.1) is 23.6 Å². The molecule has 5 nitrogen and oxygen atoms in total. The molecule has 0 fully saturated rings. The van der Waals surface area contributed by atoms with E-state index in [4.69, 9.17) is 9.15 Å². The van der Waals surface area contributed by atoms with Gasteiger partial charge in [-0.15, -0.1) is 0 Å². The third-order valence-electron chi connectivity index (χ3n) is 4.60.